The van der Waals surface area contributed by atoms with Crippen LogP contribution in [0.4, 0.5) is 0 Å². The van der Waals surface area contributed by atoms with Gasteiger partial charge in [0.2, 0.25) is 0 Å². The molecule has 11 nitrogen and oxygen atoms in total. The standard InChI is InChI=1S/C20H40NO10P/c1-20(21,19(24)25)16-31-32(26,27)30-15-17(28-2)14-29-13-11-9-7-5-3-4-6-8-10-12-18(22)23/h17H,3-16,21H2,1-2H3,(H,22,23)(H,24,25)(H,26,27)/t17-,20?/m1/s1. The molecule has 0 aliphatic heterocycles. The number of aliphatic carboxylic acids is 2. The summed E-state index contributed by atoms with van der Waals surface area (Å²) in [4.78, 5) is 30.9. The van der Waals surface area contributed by atoms with Crippen molar-refractivity contribution in [3.63, 3.8) is 0 Å². The van der Waals surface area contributed by atoms with Crippen molar-refractivity contribution < 1.29 is 47.8 Å². The molecule has 3 atom stereocenters. The SMILES string of the molecule is CO[C@H](COCCCCCCCCCCCC(=O)O)COP(=O)(O)OCC(C)(N)C(=O)O. The minimum Gasteiger partial charge on any atom is -0.481 e. The first kappa shape index (κ1) is 30.9. The lowest BCUT2D eigenvalue weighted by molar-refractivity contribution is -0.144. The number of carbonyl (C=O) groups is 2. The number of hydrogen-bond donors (Lipinski definition) is 4. The number of hydrogen-bond acceptors (Lipinski definition) is 8. The third kappa shape index (κ3) is 17.5. The van der Waals surface area contributed by atoms with E-state index in [4.69, 9.17) is 29.9 Å². The molecule has 5 N–H and O–H groups in total. The van der Waals surface area contributed by atoms with Gasteiger partial charge in [-0.3, -0.25) is 18.6 Å². The molecule has 0 heterocycles. The first-order valence-corrected chi connectivity index (χ1v) is 12.5. The Hall–Kier alpha value is -1.07. The number of ether oxygens (including phenoxy) is 2. The highest BCUT2D eigenvalue weighted by atomic mass is 31.2. The summed E-state index contributed by atoms with van der Waals surface area (Å²) in [7, 11) is -3.05. The lowest BCUT2D eigenvalue weighted by Crippen LogP contribution is -2.48. The van der Waals surface area contributed by atoms with Crippen LogP contribution in [0.1, 0.15) is 71.1 Å². The van der Waals surface area contributed by atoms with Crippen LogP contribution in [0.5, 0.6) is 0 Å². The van der Waals surface area contributed by atoms with Crippen LogP contribution in [0, 0.1) is 0 Å². The number of phosphoric acid groups is 1. The summed E-state index contributed by atoms with van der Waals surface area (Å²) in [6.07, 6.45) is 8.93. The first-order valence-electron chi connectivity index (χ1n) is 11.0. The second-order valence-electron chi connectivity index (χ2n) is 8.02. The normalized spacial score (nSPS) is 16.2. The number of methoxy groups -OCH3 is 1. The van der Waals surface area contributed by atoms with E-state index in [9.17, 15) is 19.0 Å². The van der Waals surface area contributed by atoms with Crippen LogP contribution >= 0.6 is 7.82 Å². The fourth-order valence-corrected chi connectivity index (χ4v) is 3.47. The van der Waals surface area contributed by atoms with Gasteiger partial charge in [0.25, 0.3) is 0 Å². The van der Waals surface area contributed by atoms with E-state index in [2.05, 4.69) is 4.52 Å². The number of phosphoric ester groups is 1. The molecule has 0 fully saturated rings. The van der Waals surface area contributed by atoms with Gasteiger partial charge in [-0.15, -0.1) is 0 Å². The van der Waals surface area contributed by atoms with Gasteiger partial charge in [-0.05, 0) is 19.8 Å². The average molecular weight is 486 g/mol. The highest BCUT2D eigenvalue weighted by molar-refractivity contribution is 7.47. The molecule has 0 amide bonds. The summed E-state index contributed by atoms with van der Waals surface area (Å²) in [5, 5.41) is 17.4. The van der Waals surface area contributed by atoms with Gasteiger partial charge in [-0.2, -0.15) is 0 Å². The molecule has 0 saturated carbocycles. The Kier molecular flexibility index (Phi) is 16.8. The van der Waals surface area contributed by atoms with E-state index >= 15 is 0 Å². The fourth-order valence-electron chi connectivity index (χ4n) is 2.61. The van der Waals surface area contributed by atoms with Crippen molar-refractivity contribution >= 4 is 19.8 Å². The van der Waals surface area contributed by atoms with Crippen LogP contribution in [-0.2, 0) is 32.7 Å². The summed E-state index contributed by atoms with van der Waals surface area (Å²) < 4.78 is 32.0. The van der Waals surface area contributed by atoms with Crippen LogP contribution in [-0.4, -0.2) is 72.2 Å². The van der Waals surface area contributed by atoms with E-state index in [0.29, 0.717) is 6.61 Å². The summed E-state index contributed by atoms with van der Waals surface area (Å²) in [6.45, 7) is 0.926. The Labute approximate surface area is 190 Å². The lowest BCUT2D eigenvalue weighted by Gasteiger charge is -2.22. The van der Waals surface area contributed by atoms with Gasteiger partial charge < -0.3 is 30.3 Å². The third-order valence-corrected chi connectivity index (χ3v) is 5.69. The van der Waals surface area contributed by atoms with Crippen LogP contribution < -0.4 is 5.73 Å². The molecule has 0 aromatic heterocycles. The molecule has 0 rings (SSSR count). The predicted molar refractivity (Wildman–Crippen MR) is 117 cm³/mol. The van der Waals surface area contributed by atoms with Gasteiger partial charge in [0.1, 0.15) is 11.6 Å². The molecule has 0 aromatic rings. The summed E-state index contributed by atoms with van der Waals surface area (Å²) in [5.41, 5.74) is 3.63. The number of rotatable bonds is 22. The molecule has 0 aliphatic rings. The number of nitrogens with two attached hydrogens (primary N) is 1. The number of carboxylic acids is 2. The van der Waals surface area contributed by atoms with Crippen LogP contribution in [0.2, 0.25) is 0 Å². The van der Waals surface area contributed by atoms with Crippen molar-refractivity contribution in [2.24, 2.45) is 5.73 Å². The van der Waals surface area contributed by atoms with Gasteiger partial charge in [-0.1, -0.05) is 44.9 Å². The number of carboxylic acid groups (broad SMARTS) is 2. The second-order valence-corrected chi connectivity index (χ2v) is 9.47. The Balaban J connectivity index is 3.74. The van der Waals surface area contributed by atoms with Crippen LogP contribution in [0.15, 0.2) is 0 Å². The summed E-state index contributed by atoms with van der Waals surface area (Å²) in [5.74, 6) is -2.10. The van der Waals surface area contributed by atoms with E-state index in [-0.39, 0.29) is 19.6 Å². The van der Waals surface area contributed by atoms with Crippen molar-refractivity contribution in [3.05, 3.63) is 0 Å². The number of unbranched alkanes of at least 4 members (excludes halogenated alkanes) is 8. The van der Waals surface area contributed by atoms with Crippen molar-refractivity contribution in [2.45, 2.75) is 82.8 Å². The fraction of sp³-hybridized carbons (Fsp3) is 0.900. The highest BCUT2D eigenvalue weighted by Gasteiger charge is 2.33. The molecule has 0 aliphatic carbocycles. The van der Waals surface area contributed by atoms with Gasteiger partial charge >= 0.3 is 19.8 Å². The van der Waals surface area contributed by atoms with Gasteiger partial charge in [0, 0.05) is 20.1 Å². The summed E-state index contributed by atoms with van der Waals surface area (Å²) in [6, 6.07) is 0. The maximum atomic E-state index is 11.8. The molecule has 0 radical (unpaired) electrons. The van der Waals surface area contributed by atoms with Crippen molar-refractivity contribution in [2.75, 3.05) is 33.5 Å². The highest BCUT2D eigenvalue weighted by Crippen LogP contribution is 2.43. The molecule has 190 valence electrons. The maximum absolute atomic E-state index is 11.8. The van der Waals surface area contributed by atoms with Gasteiger partial charge in [-0.25, -0.2) is 4.57 Å². The Morgan fingerprint density at radius 3 is 1.97 bits per heavy atom. The molecule has 0 aromatic carbocycles. The molecular formula is C20H40NO10P. The van der Waals surface area contributed by atoms with E-state index in [0.717, 1.165) is 64.7 Å². The zero-order chi connectivity index (χ0) is 24.5. The molecule has 0 spiro atoms. The topological polar surface area (TPSA) is 175 Å². The zero-order valence-corrected chi connectivity index (χ0v) is 20.1. The molecular weight excluding hydrogens is 445 g/mol. The molecule has 2 unspecified atom stereocenters. The molecule has 32 heavy (non-hydrogen) atoms. The molecule has 0 saturated heterocycles. The van der Waals surface area contributed by atoms with Gasteiger partial charge in [0.05, 0.1) is 19.8 Å². The molecule has 12 heteroatoms. The quantitative estimate of drug-likeness (QED) is 0.131. The Morgan fingerprint density at radius 1 is 0.938 bits per heavy atom. The third-order valence-electron chi connectivity index (χ3n) is 4.76. The maximum Gasteiger partial charge on any atom is 0.472 e. The predicted octanol–water partition coefficient (Wildman–Crippen LogP) is 2.94. The second kappa shape index (κ2) is 17.4. The zero-order valence-electron chi connectivity index (χ0n) is 19.2. The van der Waals surface area contributed by atoms with E-state index in [1.807, 2.05) is 0 Å². The van der Waals surface area contributed by atoms with Crippen molar-refractivity contribution in [1.82, 2.24) is 0 Å². The van der Waals surface area contributed by atoms with E-state index in [1.54, 1.807) is 0 Å². The van der Waals surface area contributed by atoms with Crippen molar-refractivity contribution in [3.8, 4) is 0 Å². The van der Waals surface area contributed by atoms with Crippen LogP contribution in [0.25, 0.3) is 0 Å². The first-order chi connectivity index (χ1) is 15.0. The Morgan fingerprint density at radius 2 is 1.47 bits per heavy atom. The summed E-state index contributed by atoms with van der Waals surface area (Å²) >= 11 is 0. The average Bonchev–Trinajstić information content (AvgIpc) is 2.72. The van der Waals surface area contributed by atoms with E-state index < -0.39 is 38.0 Å². The monoisotopic (exact) mass is 485 g/mol. The van der Waals surface area contributed by atoms with Crippen LogP contribution in [0.3, 0.4) is 0 Å². The minimum atomic E-state index is -4.48. The van der Waals surface area contributed by atoms with Crippen molar-refractivity contribution in [1.29, 1.82) is 0 Å². The molecule has 0 bridgehead atoms. The Bertz CT molecular complexity index is 573. The minimum absolute atomic E-state index is 0.177. The smallest absolute Gasteiger partial charge is 0.472 e. The van der Waals surface area contributed by atoms with E-state index in [1.165, 1.54) is 7.11 Å². The largest absolute Gasteiger partial charge is 0.481 e. The van der Waals surface area contributed by atoms with Gasteiger partial charge in [0.15, 0.2) is 0 Å². The lowest BCUT2D eigenvalue weighted by atomic mass is 10.1.